The van der Waals surface area contributed by atoms with Crippen LogP contribution in [-0.2, 0) is 11.3 Å². The quantitative estimate of drug-likeness (QED) is 0.644. The van der Waals surface area contributed by atoms with Crippen molar-refractivity contribution >= 4 is 22.9 Å². The van der Waals surface area contributed by atoms with E-state index in [1.807, 2.05) is 24.4 Å². The summed E-state index contributed by atoms with van der Waals surface area (Å²) in [5.74, 6) is -0.145. The number of rotatable bonds is 3. The number of nitrogens with zero attached hydrogens (tertiary/aromatic N) is 3. The predicted molar refractivity (Wildman–Crippen MR) is 87.0 cm³/mol. The number of aryl methyl sites for hydroxylation is 1. The summed E-state index contributed by atoms with van der Waals surface area (Å²) in [7, 11) is 0. The number of carbonyl (C=O) groups excluding carboxylic acids is 1. The number of hydrogen-bond donors (Lipinski definition) is 0. The zero-order valence-electron chi connectivity index (χ0n) is 12.7. The average molecular weight is 293 g/mol. The highest BCUT2D eigenvalue weighted by atomic mass is 16.2. The lowest BCUT2D eigenvalue weighted by molar-refractivity contribution is -0.125. The fourth-order valence-electron chi connectivity index (χ4n) is 3.04. The molecule has 0 spiro atoms. The molecule has 22 heavy (non-hydrogen) atoms. The highest BCUT2D eigenvalue weighted by molar-refractivity contribution is 6.04. The number of hydrogen-bond acceptors (Lipinski definition) is 2. The molecule has 1 aliphatic heterocycles. The molecule has 0 atom stereocenters. The first kappa shape index (κ1) is 14.4. The van der Waals surface area contributed by atoms with Crippen molar-refractivity contribution in [3.05, 3.63) is 41.6 Å². The molecule has 4 nitrogen and oxygen atoms in total. The van der Waals surface area contributed by atoms with Gasteiger partial charge in [0.15, 0.2) is 0 Å². The van der Waals surface area contributed by atoms with Gasteiger partial charge < -0.3 is 9.47 Å². The first-order valence-corrected chi connectivity index (χ1v) is 7.73. The Balaban J connectivity index is 2.02. The van der Waals surface area contributed by atoms with Crippen molar-refractivity contribution in [3.63, 3.8) is 0 Å². The molecule has 3 rings (SSSR count). The van der Waals surface area contributed by atoms with E-state index in [1.54, 1.807) is 11.0 Å². The summed E-state index contributed by atoms with van der Waals surface area (Å²) in [5.41, 5.74) is 2.28. The minimum atomic E-state index is -0.145. The third-order valence-corrected chi connectivity index (χ3v) is 4.20. The standard InChI is InChI=1S/C18H19N3O/c1-2-20-13-15(16-7-3-4-8-17(16)20)11-14(12-19)18(22)21-9-5-6-10-21/h3-4,7-8,11,13H,2,5-6,9-10H2,1H3/b14-11+. The van der Waals surface area contributed by atoms with E-state index in [0.717, 1.165) is 48.9 Å². The fraction of sp³-hybridized carbons (Fsp3) is 0.333. The number of likely N-dealkylation sites (tertiary alicyclic amines) is 1. The Labute approximate surface area is 130 Å². The monoisotopic (exact) mass is 293 g/mol. The van der Waals surface area contributed by atoms with Crippen LogP contribution in [0.25, 0.3) is 17.0 Å². The van der Waals surface area contributed by atoms with Crippen LogP contribution in [-0.4, -0.2) is 28.5 Å². The van der Waals surface area contributed by atoms with Gasteiger partial charge in [-0.3, -0.25) is 4.79 Å². The average Bonchev–Trinajstić information content (AvgIpc) is 3.20. The molecule has 0 bridgehead atoms. The number of fused-ring (bicyclic) bond motifs is 1. The van der Waals surface area contributed by atoms with Crippen molar-refractivity contribution in [1.82, 2.24) is 9.47 Å². The Morgan fingerprint density at radius 2 is 2.05 bits per heavy atom. The molecular formula is C18H19N3O. The molecule has 1 aromatic heterocycles. The van der Waals surface area contributed by atoms with Crippen molar-refractivity contribution in [2.45, 2.75) is 26.3 Å². The molecule has 0 N–H and O–H groups in total. The largest absolute Gasteiger partial charge is 0.347 e. The molecule has 1 aliphatic rings. The minimum Gasteiger partial charge on any atom is -0.347 e. The normalized spacial score (nSPS) is 15.3. The number of amides is 1. The number of carbonyl (C=O) groups is 1. The molecule has 1 fully saturated rings. The van der Waals surface area contributed by atoms with Gasteiger partial charge in [0, 0.05) is 42.3 Å². The van der Waals surface area contributed by atoms with Gasteiger partial charge in [-0.05, 0) is 31.9 Å². The summed E-state index contributed by atoms with van der Waals surface area (Å²) < 4.78 is 2.14. The van der Waals surface area contributed by atoms with E-state index in [-0.39, 0.29) is 11.5 Å². The zero-order chi connectivity index (χ0) is 15.5. The SMILES string of the molecule is CCn1cc(/C=C(\C#N)C(=O)N2CCCC2)c2ccccc21. The van der Waals surface area contributed by atoms with Gasteiger partial charge in [0.1, 0.15) is 11.6 Å². The van der Waals surface area contributed by atoms with E-state index in [0.29, 0.717) is 0 Å². The number of para-hydroxylation sites is 1. The second-order valence-electron chi connectivity index (χ2n) is 5.56. The fourth-order valence-corrected chi connectivity index (χ4v) is 3.04. The van der Waals surface area contributed by atoms with E-state index in [2.05, 4.69) is 23.6 Å². The van der Waals surface area contributed by atoms with E-state index in [1.165, 1.54) is 0 Å². The predicted octanol–water partition coefficient (Wildman–Crippen LogP) is 3.19. The second kappa shape index (κ2) is 6.07. The van der Waals surface area contributed by atoms with Gasteiger partial charge >= 0.3 is 0 Å². The van der Waals surface area contributed by atoms with E-state index in [9.17, 15) is 10.1 Å². The van der Waals surface area contributed by atoms with Crippen molar-refractivity contribution in [1.29, 1.82) is 5.26 Å². The van der Waals surface area contributed by atoms with Crippen molar-refractivity contribution in [3.8, 4) is 6.07 Å². The van der Waals surface area contributed by atoms with Crippen LogP contribution in [0.2, 0.25) is 0 Å². The van der Waals surface area contributed by atoms with Gasteiger partial charge in [0.2, 0.25) is 0 Å². The van der Waals surface area contributed by atoms with Crippen LogP contribution in [0.4, 0.5) is 0 Å². The molecule has 0 unspecified atom stereocenters. The molecule has 2 heterocycles. The molecule has 1 amide bonds. The Morgan fingerprint density at radius 1 is 1.32 bits per heavy atom. The summed E-state index contributed by atoms with van der Waals surface area (Å²) in [6, 6.07) is 10.2. The van der Waals surface area contributed by atoms with E-state index < -0.39 is 0 Å². The summed E-state index contributed by atoms with van der Waals surface area (Å²) in [4.78, 5) is 14.2. The summed E-state index contributed by atoms with van der Waals surface area (Å²) in [6.07, 6.45) is 5.80. The smallest absolute Gasteiger partial charge is 0.264 e. The van der Waals surface area contributed by atoms with Gasteiger partial charge in [0.25, 0.3) is 5.91 Å². The Bertz CT molecular complexity index is 773. The topological polar surface area (TPSA) is 49.0 Å². The maximum absolute atomic E-state index is 12.4. The maximum atomic E-state index is 12.4. The molecule has 0 aliphatic carbocycles. The van der Waals surface area contributed by atoms with Crippen LogP contribution in [0.3, 0.4) is 0 Å². The van der Waals surface area contributed by atoms with E-state index >= 15 is 0 Å². The first-order chi connectivity index (χ1) is 10.7. The lowest BCUT2D eigenvalue weighted by Crippen LogP contribution is -2.28. The molecule has 2 aromatic rings. The Morgan fingerprint density at radius 3 is 2.73 bits per heavy atom. The zero-order valence-corrected chi connectivity index (χ0v) is 12.7. The Hall–Kier alpha value is -2.54. The maximum Gasteiger partial charge on any atom is 0.264 e. The van der Waals surface area contributed by atoms with Crippen LogP contribution in [0, 0.1) is 11.3 Å². The molecule has 112 valence electrons. The van der Waals surface area contributed by atoms with Crippen molar-refractivity contribution in [2.75, 3.05) is 13.1 Å². The van der Waals surface area contributed by atoms with Crippen LogP contribution in [0.15, 0.2) is 36.0 Å². The van der Waals surface area contributed by atoms with Gasteiger partial charge in [-0.15, -0.1) is 0 Å². The van der Waals surface area contributed by atoms with Gasteiger partial charge in [-0.1, -0.05) is 18.2 Å². The summed E-state index contributed by atoms with van der Waals surface area (Å²) >= 11 is 0. The van der Waals surface area contributed by atoms with E-state index in [4.69, 9.17) is 0 Å². The number of nitriles is 1. The van der Waals surface area contributed by atoms with Gasteiger partial charge in [0.05, 0.1) is 0 Å². The molecule has 4 heteroatoms. The molecule has 1 aromatic carbocycles. The lowest BCUT2D eigenvalue weighted by atomic mass is 10.1. The van der Waals surface area contributed by atoms with Crippen LogP contribution in [0.5, 0.6) is 0 Å². The molecule has 1 saturated heterocycles. The third-order valence-electron chi connectivity index (χ3n) is 4.20. The number of aromatic nitrogens is 1. The summed E-state index contributed by atoms with van der Waals surface area (Å²) in [5, 5.41) is 10.5. The van der Waals surface area contributed by atoms with Crippen LogP contribution >= 0.6 is 0 Å². The highest BCUT2D eigenvalue weighted by Crippen LogP contribution is 2.24. The van der Waals surface area contributed by atoms with Gasteiger partial charge in [-0.2, -0.15) is 5.26 Å². The molecular weight excluding hydrogens is 274 g/mol. The van der Waals surface area contributed by atoms with Crippen LogP contribution < -0.4 is 0 Å². The van der Waals surface area contributed by atoms with Crippen molar-refractivity contribution in [2.24, 2.45) is 0 Å². The lowest BCUT2D eigenvalue weighted by Gasteiger charge is -2.13. The minimum absolute atomic E-state index is 0.145. The highest BCUT2D eigenvalue weighted by Gasteiger charge is 2.21. The first-order valence-electron chi connectivity index (χ1n) is 7.73. The third kappa shape index (κ3) is 2.50. The number of benzene rings is 1. The van der Waals surface area contributed by atoms with Crippen molar-refractivity contribution < 1.29 is 4.79 Å². The molecule has 0 saturated carbocycles. The van der Waals surface area contributed by atoms with Gasteiger partial charge in [-0.25, -0.2) is 0 Å². The molecule has 0 radical (unpaired) electrons. The Kier molecular flexibility index (Phi) is 3.97. The van der Waals surface area contributed by atoms with Crippen LogP contribution in [0.1, 0.15) is 25.3 Å². The second-order valence-corrected chi connectivity index (χ2v) is 5.56. The summed E-state index contributed by atoms with van der Waals surface area (Å²) in [6.45, 7) is 4.46.